The van der Waals surface area contributed by atoms with Crippen LogP contribution in [-0.4, -0.2) is 9.97 Å². The maximum absolute atomic E-state index is 4.94. The fourth-order valence-electron chi connectivity index (χ4n) is 4.53. The number of thiazole rings is 2. The summed E-state index contributed by atoms with van der Waals surface area (Å²) in [7, 11) is 0. The van der Waals surface area contributed by atoms with Crippen molar-refractivity contribution in [2.45, 2.75) is 78.1 Å². The summed E-state index contributed by atoms with van der Waals surface area (Å²) in [4.78, 5) is 15.5. The molecule has 2 nitrogen and oxygen atoms in total. The molecule has 0 N–H and O–H groups in total. The molecule has 0 fully saturated rings. The lowest BCUT2D eigenvalue weighted by Gasteiger charge is -1.96. The lowest BCUT2D eigenvalue weighted by molar-refractivity contribution is 0.670. The van der Waals surface area contributed by atoms with Crippen LogP contribution in [0.25, 0.3) is 48.2 Å². The van der Waals surface area contributed by atoms with Gasteiger partial charge in [-0.2, -0.15) is 0 Å². The van der Waals surface area contributed by atoms with Gasteiger partial charge in [0.2, 0.25) is 0 Å². The Bertz CT molecular complexity index is 1380. The minimum atomic E-state index is 0.914. The second-order valence-corrected chi connectivity index (χ2v) is 16.1. The second-order valence-electron chi connectivity index (χ2n) is 9.37. The molecule has 6 aromatic rings. The molecule has 0 aromatic carbocycles. The van der Waals surface area contributed by atoms with Crippen molar-refractivity contribution in [1.29, 1.82) is 0 Å². The van der Waals surface area contributed by atoms with Crippen LogP contribution >= 0.6 is 68.0 Å². The molecule has 0 aliphatic heterocycles. The summed E-state index contributed by atoms with van der Waals surface area (Å²) in [6, 6.07) is 9.50. The third-order valence-corrected chi connectivity index (χ3v) is 13.7. The van der Waals surface area contributed by atoms with Gasteiger partial charge in [-0.3, -0.25) is 0 Å². The van der Waals surface area contributed by atoms with Gasteiger partial charge in [0, 0.05) is 28.6 Å². The first-order valence-corrected chi connectivity index (χ1v) is 17.9. The van der Waals surface area contributed by atoms with Crippen LogP contribution < -0.4 is 0 Å². The Morgan fingerprint density at radius 2 is 1.00 bits per heavy atom. The van der Waals surface area contributed by atoms with Gasteiger partial charge in [-0.25, -0.2) is 9.97 Å². The largest absolute Gasteiger partial charge is 0.215 e. The van der Waals surface area contributed by atoms with E-state index in [1.807, 2.05) is 45.3 Å². The van der Waals surface area contributed by atoms with Gasteiger partial charge in [0.05, 0.1) is 9.75 Å². The molecule has 36 heavy (non-hydrogen) atoms. The maximum Gasteiger partial charge on any atom is 0.182 e. The lowest BCUT2D eigenvalue weighted by Crippen LogP contribution is -1.80. The predicted molar refractivity (Wildman–Crippen MR) is 168 cm³/mol. The van der Waals surface area contributed by atoms with E-state index in [1.54, 1.807) is 22.7 Å². The monoisotopic (exact) mass is 586 g/mol. The minimum Gasteiger partial charge on any atom is -0.215 e. The van der Waals surface area contributed by atoms with E-state index in [0.717, 1.165) is 15.7 Å². The molecule has 0 radical (unpaired) electrons. The highest BCUT2D eigenvalue weighted by Crippen LogP contribution is 2.45. The summed E-state index contributed by atoms with van der Waals surface area (Å²) in [6.45, 7) is 4.55. The molecule has 6 heterocycles. The molecule has 0 bridgehead atoms. The first-order chi connectivity index (χ1) is 17.7. The van der Waals surface area contributed by atoms with Crippen molar-refractivity contribution in [2.75, 3.05) is 0 Å². The fraction of sp³-hybridized carbons (Fsp3) is 0.429. The predicted octanol–water partition coefficient (Wildman–Crippen LogP) is 11.9. The average molecular weight is 587 g/mol. The number of nitrogens with zero attached hydrogens (tertiary/aromatic N) is 2. The van der Waals surface area contributed by atoms with Crippen molar-refractivity contribution >= 4 is 96.5 Å². The number of aromatic nitrogens is 2. The molecule has 0 amide bonds. The molecule has 0 spiro atoms. The van der Waals surface area contributed by atoms with Gasteiger partial charge in [0.25, 0.3) is 0 Å². The number of hydrogen-bond acceptors (Lipinski definition) is 8. The number of thiophene rings is 4. The smallest absolute Gasteiger partial charge is 0.182 e. The van der Waals surface area contributed by atoms with Crippen LogP contribution in [0.15, 0.2) is 24.3 Å². The van der Waals surface area contributed by atoms with Crippen LogP contribution in [0.5, 0.6) is 0 Å². The molecule has 0 atom stereocenters. The lowest BCUT2D eigenvalue weighted by atomic mass is 10.1. The van der Waals surface area contributed by atoms with Gasteiger partial charge in [-0.1, -0.05) is 52.4 Å². The standard InChI is InChI=1S/C28H30N2S6/c1-3-5-7-9-11-17-13-19-21(31-17)15-23(33-19)26-29-25-28(35-26)36-27(30-25)24-16-22-20(34-24)14-18(32-22)12-10-8-6-4-2/h13-16H,3-12H2,1-2H3. The Morgan fingerprint density at radius 1 is 0.528 bits per heavy atom. The van der Waals surface area contributed by atoms with Crippen LogP contribution in [0, 0.1) is 0 Å². The van der Waals surface area contributed by atoms with Crippen LogP contribution in [0.4, 0.5) is 0 Å². The van der Waals surface area contributed by atoms with Gasteiger partial charge in [-0.15, -0.1) is 68.0 Å². The molecule has 0 saturated heterocycles. The highest BCUT2D eigenvalue weighted by molar-refractivity contribution is 7.42. The zero-order valence-corrected chi connectivity index (χ0v) is 25.6. The highest BCUT2D eigenvalue weighted by Gasteiger charge is 2.17. The van der Waals surface area contributed by atoms with E-state index < -0.39 is 0 Å². The minimum absolute atomic E-state index is 0.914. The van der Waals surface area contributed by atoms with Crippen LogP contribution in [0.2, 0.25) is 0 Å². The molecule has 0 aliphatic carbocycles. The SMILES string of the molecule is CCCCCCc1cc2sc(-c3nc4nc(-c5cc6sc(CCCCCC)cc6s5)sc4s3)cc2s1. The van der Waals surface area contributed by atoms with Gasteiger partial charge < -0.3 is 0 Å². The average Bonchev–Trinajstić information content (AvgIpc) is 3.65. The van der Waals surface area contributed by atoms with Gasteiger partial charge in [-0.05, 0) is 49.9 Å². The van der Waals surface area contributed by atoms with Crippen LogP contribution in [0.3, 0.4) is 0 Å². The Morgan fingerprint density at radius 3 is 1.42 bits per heavy atom. The van der Waals surface area contributed by atoms with E-state index in [0.29, 0.717) is 0 Å². The molecule has 0 unspecified atom stereocenters. The zero-order chi connectivity index (χ0) is 24.5. The third-order valence-electron chi connectivity index (χ3n) is 6.47. The summed E-state index contributed by atoms with van der Waals surface area (Å²) in [5.74, 6) is 0. The number of hydrogen-bond donors (Lipinski definition) is 0. The zero-order valence-electron chi connectivity index (χ0n) is 20.7. The van der Waals surface area contributed by atoms with E-state index in [4.69, 9.17) is 9.97 Å². The van der Waals surface area contributed by atoms with Gasteiger partial charge in [0.1, 0.15) is 14.0 Å². The molecule has 6 rings (SSSR count). The molecular formula is C28H30N2S6. The Hall–Kier alpha value is -1.16. The summed E-state index contributed by atoms with van der Waals surface area (Å²) in [5, 5.41) is 2.24. The van der Waals surface area contributed by atoms with Crippen molar-refractivity contribution < 1.29 is 0 Å². The number of aryl methyl sites for hydroxylation is 2. The fourth-order valence-corrected chi connectivity index (χ4v) is 11.7. The highest BCUT2D eigenvalue weighted by atomic mass is 32.2. The topological polar surface area (TPSA) is 25.8 Å². The second kappa shape index (κ2) is 11.3. The first-order valence-electron chi connectivity index (χ1n) is 13.0. The normalized spacial score (nSPS) is 12.2. The van der Waals surface area contributed by atoms with Crippen molar-refractivity contribution in [2.24, 2.45) is 0 Å². The van der Waals surface area contributed by atoms with E-state index in [-0.39, 0.29) is 0 Å². The third kappa shape index (κ3) is 5.36. The number of rotatable bonds is 12. The number of unbranched alkanes of at least 4 members (excludes halogenated alkanes) is 6. The van der Waals surface area contributed by atoms with Crippen molar-refractivity contribution in [3.63, 3.8) is 0 Å². The van der Waals surface area contributed by atoms with E-state index in [9.17, 15) is 0 Å². The molecule has 6 aromatic heterocycles. The van der Waals surface area contributed by atoms with E-state index in [2.05, 4.69) is 38.1 Å². The summed E-state index contributed by atoms with van der Waals surface area (Å²) < 4.78 is 6.89. The maximum atomic E-state index is 4.94. The molecule has 0 aliphatic rings. The Balaban J connectivity index is 1.15. The Labute approximate surface area is 236 Å². The van der Waals surface area contributed by atoms with Crippen molar-refractivity contribution in [3.8, 4) is 19.8 Å². The molecule has 0 saturated carbocycles. The van der Waals surface area contributed by atoms with Crippen LogP contribution in [0.1, 0.15) is 75.0 Å². The van der Waals surface area contributed by atoms with Crippen molar-refractivity contribution in [3.05, 3.63) is 34.0 Å². The summed E-state index contributed by atoms with van der Waals surface area (Å²) in [6.07, 6.45) is 13.1. The van der Waals surface area contributed by atoms with E-state index in [1.165, 1.54) is 107 Å². The van der Waals surface area contributed by atoms with Gasteiger partial charge >= 0.3 is 0 Å². The Kier molecular flexibility index (Phi) is 7.89. The van der Waals surface area contributed by atoms with Gasteiger partial charge in [0.15, 0.2) is 5.65 Å². The van der Waals surface area contributed by atoms with Crippen molar-refractivity contribution in [1.82, 2.24) is 9.97 Å². The summed E-state index contributed by atoms with van der Waals surface area (Å²) >= 11 is 11.3. The van der Waals surface area contributed by atoms with Crippen LogP contribution in [-0.2, 0) is 12.8 Å². The van der Waals surface area contributed by atoms with E-state index >= 15 is 0 Å². The molecular weight excluding hydrogens is 557 g/mol. The quantitative estimate of drug-likeness (QED) is 0.133. The first kappa shape index (κ1) is 25.1. The summed E-state index contributed by atoms with van der Waals surface area (Å²) in [5.41, 5.74) is 0.914. The molecule has 8 heteroatoms. The number of fused-ring (bicyclic) bond motifs is 3. The molecule has 188 valence electrons.